The third-order valence-electron chi connectivity index (χ3n) is 4.77. The third kappa shape index (κ3) is 4.72. The highest BCUT2D eigenvalue weighted by molar-refractivity contribution is 7.98. The van der Waals surface area contributed by atoms with Crippen LogP contribution in [0.25, 0.3) is 20.3 Å². The average Bonchev–Trinajstić information content (AvgIpc) is 3.34. The molecule has 0 N–H and O–H groups in total. The molecule has 5 nitrogen and oxygen atoms in total. The van der Waals surface area contributed by atoms with Crippen molar-refractivity contribution in [3.63, 3.8) is 0 Å². The Hall–Kier alpha value is -1.87. The van der Waals surface area contributed by atoms with E-state index in [1.807, 2.05) is 29.6 Å². The normalized spacial score (nSPS) is 11.5. The number of rotatable bonds is 9. The Balaban J connectivity index is 1.56. The highest BCUT2D eigenvalue weighted by atomic mass is 35.5. The predicted octanol–water partition coefficient (Wildman–Crippen LogP) is 4.93. The van der Waals surface area contributed by atoms with Gasteiger partial charge in [0.25, 0.3) is 5.56 Å². The van der Waals surface area contributed by atoms with Gasteiger partial charge in [0.2, 0.25) is 0 Å². The number of hydrogen-bond acceptors (Lipinski definition) is 7. The van der Waals surface area contributed by atoms with Crippen molar-refractivity contribution in [2.75, 3.05) is 0 Å². The number of unbranched alkanes of at least 4 members (excludes halogenated alkanes) is 2. The summed E-state index contributed by atoms with van der Waals surface area (Å²) in [6, 6.07) is 7.76. The Bertz CT molecular complexity index is 1260. The molecule has 4 aromatic rings. The summed E-state index contributed by atoms with van der Waals surface area (Å²) in [4.78, 5) is 28.3. The fraction of sp³-hybridized carbons (Fsp3) is 0.286. The number of aliphatic carboxylic acids is 1. The van der Waals surface area contributed by atoms with Crippen molar-refractivity contribution in [3.05, 3.63) is 56.0 Å². The molecule has 0 unspecified atom stereocenters. The van der Waals surface area contributed by atoms with Gasteiger partial charge >= 0.3 is 0 Å². The Morgan fingerprint density at radius 3 is 2.90 bits per heavy atom. The number of carboxylic acids is 1. The molecule has 0 fully saturated rings. The van der Waals surface area contributed by atoms with E-state index in [2.05, 4.69) is 5.38 Å². The van der Waals surface area contributed by atoms with Gasteiger partial charge in [-0.05, 0) is 65.2 Å². The average molecular weight is 478 g/mol. The number of carbonyl (C=O) groups is 1. The molecule has 0 saturated carbocycles. The fourth-order valence-electron chi connectivity index (χ4n) is 3.25. The lowest BCUT2D eigenvalue weighted by Gasteiger charge is -2.12. The first kappa shape index (κ1) is 21.4. The van der Waals surface area contributed by atoms with Crippen molar-refractivity contribution >= 4 is 72.3 Å². The molecule has 9 heteroatoms. The van der Waals surface area contributed by atoms with Crippen molar-refractivity contribution in [1.29, 1.82) is 0 Å². The molecule has 3 aromatic heterocycles. The number of thiophene rings is 2. The van der Waals surface area contributed by atoms with E-state index in [-0.39, 0.29) is 12.0 Å². The second-order valence-corrected chi connectivity index (χ2v) is 10.1. The number of carbonyl (C=O) groups excluding carboxylic acids is 1. The minimum Gasteiger partial charge on any atom is -0.550 e. The molecule has 0 aliphatic carbocycles. The van der Waals surface area contributed by atoms with Crippen LogP contribution in [0.5, 0.6) is 0 Å². The molecule has 0 spiro atoms. The van der Waals surface area contributed by atoms with Crippen LogP contribution >= 0.6 is 46.0 Å². The Morgan fingerprint density at radius 2 is 2.07 bits per heavy atom. The van der Waals surface area contributed by atoms with E-state index in [0.29, 0.717) is 33.6 Å². The predicted molar refractivity (Wildman–Crippen MR) is 124 cm³/mol. The summed E-state index contributed by atoms with van der Waals surface area (Å²) in [5, 5.41) is 17.1. The topological polar surface area (TPSA) is 75.0 Å². The van der Waals surface area contributed by atoms with Crippen LogP contribution in [0, 0.1) is 0 Å². The van der Waals surface area contributed by atoms with E-state index in [9.17, 15) is 14.7 Å². The number of thioether (sulfide) groups is 1. The second kappa shape index (κ2) is 9.51. The number of carboxylic acid groups (broad SMARTS) is 1. The molecule has 30 heavy (non-hydrogen) atoms. The zero-order chi connectivity index (χ0) is 21.1. The monoisotopic (exact) mass is 477 g/mol. The number of nitrogens with zero attached hydrogens (tertiary/aromatic N) is 2. The van der Waals surface area contributed by atoms with E-state index >= 15 is 0 Å². The Labute approximate surface area is 190 Å². The smallest absolute Gasteiger partial charge is 0.272 e. The maximum absolute atomic E-state index is 13.0. The van der Waals surface area contributed by atoms with Gasteiger partial charge in [-0.25, -0.2) is 4.98 Å². The molecule has 1 aromatic carbocycles. The molecule has 156 valence electrons. The first-order valence-electron chi connectivity index (χ1n) is 9.49. The Kier molecular flexibility index (Phi) is 6.77. The highest BCUT2D eigenvalue weighted by Crippen LogP contribution is 2.33. The number of fused-ring (bicyclic) bond motifs is 2. The van der Waals surface area contributed by atoms with Crippen LogP contribution in [0.4, 0.5) is 0 Å². The molecule has 0 aliphatic rings. The maximum atomic E-state index is 13.0. The largest absolute Gasteiger partial charge is 0.550 e. The number of halogens is 1. The lowest BCUT2D eigenvalue weighted by molar-refractivity contribution is -0.305. The minimum atomic E-state index is -1.03. The van der Waals surface area contributed by atoms with E-state index in [4.69, 9.17) is 16.6 Å². The SMILES string of the molecule is O=C([O-])CCCCCn1c(SCc2csc3ccc(Cl)cc23)nc2ccsc2c1=O. The number of aromatic nitrogens is 2. The van der Waals surface area contributed by atoms with Gasteiger partial charge in [0.15, 0.2) is 5.16 Å². The minimum absolute atomic E-state index is 0.0318. The lowest BCUT2D eigenvalue weighted by atomic mass is 10.2. The molecule has 0 atom stereocenters. The van der Waals surface area contributed by atoms with Gasteiger partial charge in [0.1, 0.15) is 4.70 Å². The fourth-order valence-corrected chi connectivity index (χ4v) is 6.27. The highest BCUT2D eigenvalue weighted by Gasteiger charge is 2.14. The van der Waals surface area contributed by atoms with Gasteiger partial charge in [-0.2, -0.15) is 0 Å². The van der Waals surface area contributed by atoms with Gasteiger partial charge < -0.3 is 9.90 Å². The van der Waals surface area contributed by atoms with Crippen LogP contribution in [0.2, 0.25) is 5.02 Å². The number of benzene rings is 1. The molecule has 3 heterocycles. The summed E-state index contributed by atoms with van der Waals surface area (Å²) < 4.78 is 3.56. The maximum Gasteiger partial charge on any atom is 0.272 e. The van der Waals surface area contributed by atoms with Crippen molar-refractivity contribution < 1.29 is 9.90 Å². The molecular formula is C21H18ClN2O3S3-. The van der Waals surface area contributed by atoms with Crippen LogP contribution in [0.3, 0.4) is 0 Å². The van der Waals surface area contributed by atoms with Crippen LogP contribution < -0.4 is 10.7 Å². The first-order valence-corrected chi connectivity index (χ1v) is 12.6. The van der Waals surface area contributed by atoms with Gasteiger partial charge in [0.05, 0.1) is 5.52 Å². The molecule has 0 aliphatic heterocycles. The summed E-state index contributed by atoms with van der Waals surface area (Å²) in [6.45, 7) is 0.519. The van der Waals surface area contributed by atoms with Crippen LogP contribution in [-0.2, 0) is 17.1 Å². The van der Waals surface area contributed by atoms with Gasteiger partial charge in [0, 0.05) is 28.0 Å². The molecule has 0 amide bonds. The van der Waals surface area contributed by atoms with Crippen LogP contribution in [0.1, 0.15) is 31.2 Å². The van der Waals surface area contributed by atoms with E-state index in [1.165, 1.54) is 21.6 Å². The van der Waals surface area contributed by atoms with Gasteiger partial charge in [-0.15, -0.1) is 22.7 Å². The van der Waals surface area contributed by atoms with Crippen LogP contribution in [-0.4, -0.2) is 15.5 Å². The molecule has 0 radical (unpaired) electrons. The summed E-state index contributed by atoms with van der Waals surface area (Å²) >= 11 is 10.8. The summed E-state index contributed by atoms with van der Waals surface area (Å²) in [5.74, 6) is -0.346. The van der Waals surface area contributed by atoms with Gasteiger partial charge in [-0.3, -0.25) is 9.36 Å². The first-order chi connectivity index (χ1) is 14.5. The molecule has 0 saturated heterocycles. The van der Waals surface area contributed by atoms with Crippen LogP contribution in [0.15, 0.2) is 45.0 Å². The number of hydrogen-bond donors (Lipinski definition) is 0. The van der Waals surface area contributed by atoms with E-state index in [0.717, 1.165) is 23.7 Å². The quantitative estimate of drug-likeness (QED) is 0.194. The molecular weight excluding hydrogens is 460 g/mol. The summed E-state index contributed by atoms with van der Waals surface area (Å²) in [5.41, 5.74) is 1.86. The molecule has 4 rings (SSSR count). The summed E-state index contributed by atoms with van der Waals surface area (Å²) in [6.07, 6.45) is 2.04. The zero-order valence-corrected chi connectivity index (χ0v) is 19.1. The third-order valence-corrected chi connectivity index (χ3v) is 7.93. The van der Waals surface area contributed by atoms with E-state index in [1.54, 1.807) is 27.7 Å². The van der Waals surface area contributed by atoms with Crippen molar-refractivity contribution in [1.82, 2.24) is 9.55 Å². The zero-order valence-electron chi connectivity index (χ0n) is 15.9. The lowest BCUT2D eigenvalue weighted by Crippen LogP contribution is -2.23. The van der Waals surface area contributed by atoms with Gasteiger partial charge in [-0.1, -0.05) is 29.8 Å². The second-order valence-electron chi connectivity index (χ2n) is 6.86. The van der Waals surface area contributed by atoms with E-state index < -0.39 is 5.97 Å². The van der Waals surface area contributed by atoms with Crippen molar-refractivity contribution in [3.8, 4) is 0 Å². The Morgan fingerprint density at radius 1 is 1.20 bits per heavy atom. The van der Waals surface area contributed by atoms with Crippen molar-refractivity contribution in [2.24, 2.45) is 0 Å². The molecule has 0 bridgehead atoms. The van der Waals surface area contributed by atoms with Crippen molar-refractivity contribution in [2.45, 2.75) is 43.1 Å². The summed E-state index contributed by atoms with van der Waals surface area (Å²) in [7, 11) is 0. The standard InChI is InChI=1S/C21H19ClN2O3S3/c22-14-5-6-17-15(10-14)13(11-29-17)12-30-21-23-16-7-9-28-19(16)20(27)24(21)8-3-1-2-4-18(25)26/h5-7,9-11H,1-4,8,12H2,(H,25,26)/p-1.